The van der Waals surface area contributed by atoms with Gasteiger partial charge in [0.05, 0.1) is 12.5 Å². The van der Waals surface area contributed by atoms with Gasteiger partial charge in [-0.3, -0.25) is 29.0 Å². The highest BCUT2D eigenvalue weighted by molar-refractivity contribution is 5.96. The number of carboxylic acid groups (broad SMARTS) is 1. The molecule has 0 radical (unpaired) electrons. The van der Waals surface area contributed by atoms with E-state index in [2.05, 4.69) is 20.9 Å². The first-order valence-corrected chi connectivity index (χ1v) is 11.6. The van der Waals surface area contributed by atoms with E-state index in [0.717, 1.165) is 0 Å². The fourth-order valence-electron chi connectivity index (χ4n) is 3.13. The third-order valence-electron chi connectivity index (χ3n) is 4.98. The summed E-state index contributed by atoms with van der Waals surface area (Å²) in [5.41, 5.74) is 26.5. The topological polar surface area (TPSA) is 301 Å². The second-order valence-electron chi connectivity index (χ2n) is 8.88. The zero-order valence-corrected chi connectivity index (χ0v) is 21.1. The summed E-state index contributed by atoms with van der Waals surface area (Å²) < 4.78 is 0. The number of hydrogen-bond acceptors (Lipinski definition) is 8. The van der Waals surface area contributed by atoms with Crippen molar-refractivity contribution in [3.63, 3.8) is 0 Å². The van der Waals surface area contributed by atoms with Gasteiger partial charge in [0.2, 0.25) is 29.5 Å². The molecule has 0 aliphatic heterocycles. The van der Waals surface area contributed by atoms with E-state index in [-0.39, 0.29) is 50.5 Å². The van der Waals surface area contributed by atoms with E-state index in [1.165, 1.54) is 0 Å². The lowest BCUT2D eigenvalue weighted by molar-refractivity contribution is -0.143. The number of hydrogen-bond donors (Lipinski definition) is 9. The van der Waals surface area contributed by atoms with Crippen molar-refractivity contribution in [2.24, 2.45) is 39.6 Å². The molecule has 0 saturated heterocycles. The fourth-order valence-corrected chi connectivity index (χ4v) is 3.13. The standard InChI is InChI=1S/C21H39N9O7/c1-10(2)8-14(20(36)37)30-18(34)12(4-3-7-27-21(25)26)28-19(35)13(9-16(24)32)29-17(33)11(22)5-6-15(23)31/h10-14H,3-9,22H2,1-2H3,(H2,23,31)(H2,24,32)(H,28,35)(H,29,33)(H,30,34)(H,36,37)(H4,25,26,27). The Morgan fingerprint density at radius 1 is 0.784 bits per heavy atom. The zero-order valence-electron chi connectivity index (χ0n) is 21.1. The summed E-state index contributed by atoms with van der Waals surface area (Å²) in [4.78, 5) is 76.0. The molecule has 0 saturated carbocycles. The molecule has 0 rings (SSSR count). The van der Waals surface area contributed by atoms with Crippen molar-refractivity contribution >= 4 is 41.5 Å². The van der Waals surface area contributed by atoms with Gasteiger partial charge in [0.1, 0.15) is 18.1 Å². The van der Waals surface area contributed by atoms with Crippen molar-refractivity contribution in [2.75, 3.05) is 6.54 Å². The average Bonchev–Trinajstić information content (AvgIpc) is 2.77. The quantitative estimate of drug-likeness (QED) is 0.0472. The van der Waals surface area contributed by atoms with Gasteiger partial charge >= 0.3 is 5.97 Å². The lowest BCUT2D eigenvalue weighted by Crippen LogP contribution is -2.57. The van der Waals surface area contributed by atoms with Crippen LogP contribution >= 0.6 is 0 Å². The zero-order chi connectivity index (χ0) is 28.7. The van der Waals surface area contributed by atoms with Gasteiger partial charge in [0.25, 0.3) is 0 Å². The normalized spacial score (nSPS) is 13.9. The average molecular weight is 530 g/mol. The van der Waals surface area contributed by atoms with Gasteiger partial charge in [0.15, 0.2) is 5.96 Å². The van der Waals surface area contributed by atoms with E-state index in [1.807, 2.05) is 0 Å². The van der Waals surface area contributed by atoms with Gasteiger partial charge < -0.3 is 49.7 Å². The Bertz CT molecular complexity index is 859. The van der Waals surface area contributed by atoms with E-state index in [4.69, 9.17) is 28.7 Å². The highest BCUT2D eigenvalue weighted by Gasteiger charge is 2.31. The van der Waals surface area contributed by atoms with Crippen molar-refractivity contribution in [3.8, 4) is 0 Å². The first kappa shape index (κ1) is 33.0. The summed E-state index contributed by atoms with van der Waals surface area (Å²) in [7, 11) is 0. The predicted octanol–water partition coefficient (Wildman–Crippen LogP) is -3.91. The Morgan fingerprint density at radius 3 is 1.81 bits per heavy atom. The lowest BCUT2D eigenvalue weighted by Gasteiger charge is -2.25. The predicted molar refractivity (Wildman–Crippen MR) is 133 cm³/mol. The molecule has 0 bridgehead atoms. The number of carboxylic acids is 1. The van der Waals surface area contributed by atoms with Crippen LogP contribution in [0.25, 0.3) is 0 Å². The van der Waals surface area contributed by atoms with Crippen LogP contribution < -0.4 is 44.6 Å². The summed E-state index contributed by atoms with van der Waals surface area (Å²) in [6.45, 7) is 3.68. The maximum absolute atomic E-state index is 12.9. The van der Waals surface area contributed by atoms with Gasteiger partial charge in [-0.05, 0) is 31.6 Å². The molecular formula is C21H39N9O7. The smallest absolute Gasteiger partial charge is 0.326 e. The second-order valence-corrected chi connectivity index (χ2v) is 8.88. The molecule has 0 spiro atoms. The van der Waals surface area contributed by atoms with Crippen LogP contribution in [0.5, 0.6) is 0 Å². The van der Waals surface area contributed by atoms with Crippen LogP contribution in [0.2, 0.25) is 0 Å². The number of nitrogens with one attached hydrogen (secondary N) is 3. The number of nitrogens with two attached hydrogens (primary N) is 5. The molecule has 16 heteroatoms. The number of rotatable bonds is 18. The molecule has 5 amide bonds. The first-order chi connectivity index (χ1) is 17.1. The highest BCUT2D eigenvalue weighted by Crippen LogP contribution is 2.08. The third-order valence-corrected chi connectivity index (χ3v) is 4.98. The number of carbonyl (C=O) groups is 6. The number of primary amides is 2. The lowest BCUT2D eigenvalue weighted by atomic mass is 10.0. The van der Waals surface area contributed by atoms with Crippen molar-refractivity contribution in [2.45, 2.75) is 76.5 Å². The third kappa shape index (κ3) is 14.9. The van der Waals surface area contributed by atoms with Crippen LogP contribution in [0.1, 0.15) is 52.4 Å². The number of carbonyl (C=O) groups excluding carboxylic acids is 5. The van der Waals surface area contributed by atoms with Crippen LogP contribution in [0.3, 0.4) is 0 Å². The van der Waals surface area contributed by atoms with E-state index in [1.54, 1.807) is 13.8 Å². The van der Waals surface area contributed by atoms with Crippen LogP contribution in [0.15, 0.2) is 4.99 Å². The van der Waals surface area contributed by atoms with E-state index in [0.29, 0.717) is 0 Å². The molecule has 0 fully saturated rings. The maximum Gasteiger partial charge on any atom is 0.326 e. The number of nitrogens with zero attached hydrogens (tertiary/aromatic N) is 1. The SMILES string of the molecule is CC(C)CC(NC(=O)C(CCCN=C(N)N)NC(=O)C(CC(N)=O)NC(=O)C(N)CCC(N)=O)C(=O)O. The van der Waals surface area contributed by atoms with Crippen molar-refractivity contribution in [3.05, 3.63) is 0 Å². The Kier molecular flexibility index (Phi) is 14.9. The largest absolute Gasteiger partial charge is 0.480 e. The Balaban J connectivity index is 5.65. The Hall–Kier alpha value is -3.95. The number of amides is 5. The van der Waals surface area contributed by atoms with Crippen LogP contribution in [-0.2, 0) is 28.8 Å². The second kappa shape index (κ2) is 16.7. The molecule has 16 nitrogen and oxygen atoms in total. The van der Waals surface area contributed by atoms with Gasteiger partial charge in [-0.25, -0.2) is 4.79 Å². The molecule has 0 aromatic heterocycles. The van der Waals surface area contributed by atoms with Gasteiger partial charge in [-0.2, -0.15) is 0 Å². The van der Waals surface area contributed by atoms with Crippen LogP contribution in [-0.4, -0.2) is 77.3 Å². The van der Waals surface area contributed by atoms with E-state index >= 15 is 0 Å². The molecule has 4 atom stereocenters. The van der Waals surface area contributed by atoms with Gasteiger partial charge in [-0.1, -0.05) is 13.8 Å². The van der Waals surface area contributed by atoms with Crippen molar-refractivity contribution in [1.82, 2.24) is 16.0 Å². The molecule has 14 N–H and O–H groups in total. The van der Waals surface area contributed by atoms with Gasteiger partial charge in [0, 0.05) is 13.0 Å². The molecule has 0 heterocycles. The minimum atomic E-state index is -1.50. The maximum atomic E-state index is 12.9. The monoisotopic (exact) mass is 529 g/mol. The fraction of sp³-hybridized carbons (Fsp3) is 0.667. The Morgan fingerprint density at radius 2 is 1.32 bits per heavy atom. The van der Waals surface area contributed by atoms with Crippen LogP contribution in [0, 0.1) is 5.92 Å². The molecule has 0 aromatic carbocycles. The molecule has 4 unspecified atom stereocenters. The minimum Gasteiger partial charge on any atom is -0.480 e. The van der Waals surface area contributed by atoms with E-state index in [9.17, 15) is 33.9 Å². The molecule has 0 aliphatic rings. The summed E-state index contributed by atoms with van der Waals surface area (Å²) >= 11 is 0. The number of aliphatic carboxylic acids is 1. The molecule has 0 aliphatic carbocycles. The molecule has 37 heavy (non-hydrogen) atoms. The molecule has 210 valence electrons. The summed E-state index contributed by atoms with van der Waals surface area (Å²) in [5.74, 6) is -5.67. The molecule has 0 aromatic rings. The number of guanidine groups is 1. The van der Waals surface area contributed by atoms with E-state index < -0.39 is 66.1 Å². The van der Waals surface area contributed by atoms with Gasteiger partial charge in [-0.15, -0.1) is 0 Å². The highest BCUT2D eigenvalue weighted by atomic mass is 16.4. The minimum absolute atomic E-state index is 0.00225. The number of aliphatic imine (C=N–C) groups is 1. The van der Waals surface area contributed by atoms with Crippen LogP contribution in [0.4, 0.5) is 0 Å². The van der Waals surface area contributed by atoms with Crippen molar-refractivity contribution in [1.29, 1.82) is 0 Å². The Labute approximate surface area is 214 Å². The molecular weight excluding hydrogens is 490 g/mol. The summed E-state index contributed by atoms with van der Waals surface area (Å²) in [5, 5.41) is 16.5. The van der Waals surface area contributed by atoms with Crippen molar-refractivity contribution < 1.29 is 33.9 Å². The summed E-state index contributed by atoms with van der Waals surface area (Å²) in [6, 6.07) is -5.18. The summed E-state index contributed by atoms with van der Waals surface area (Å²) in [6.07, 6.45) is -0.539. The first-order valence-electron chi connectivity index (χ1n) is 11.6.